The van der Waals surface area contributed by atoms with Crippen molar-refractivity contribution in [3.05, 3.63) is 41.5 Å². The van der Waals surface area contributed by atoms with Crippen molar-refractivity contribution in [2.24, 2.45) is 4.99 Å². The number of nitrogens with one attached hydrogen (secondary N) is 1. The summed E-state index contributed by atoms with van der Waals surface area (Å²) in [5.41, 5.74) is 0.419. The average molecular weight is 364 g/mol. The Hall–Kier alpha value is -2.75. The zero-order valence-electron chi connectivity index (χ0n) is 13.8. The van der Waals surface area contributed by atoms with Gasteiger partial charge < -0.3 is 9.26 Å². The standard InChI is InChI=1S/C15H16N4O5S/c1-8(15(20)23-9(2)14-17-10(3)18-24-14)16-13-11-6-4-5-7-12(11)25(21,22)19-13/h4-9H,1-3H3,(H,16,19)/t8-,9?/m0/s1. The number of sulfonamides is 1. The smallest absolute Gasteiger partial charge is 0.331 e. The second-order valence-corrected chi connectivity index (χ2v) is 7.17. The molecule has 2 heterocycles. The predicted molar refractivity (Wildman–Crippen MR) is 86.3 cm³/mol. The normalized spacial score (nSPS) is 19.1. The highest BCUT2D eigenvalue weighted by Crippen LogP contribution is 2.23. The van der Waals surface area contributed by atoms with Crippen LogP contribution in [0.1, 0.15) is 37.2 Å². The first-order chi connectivity index (χ1) is 11.8. The van der Waals surface area contributed by atoms with Gasteiger partial charge in [-0.15, -0.1) is 0 Å². The average Bonchev–Trinajstić information content (AvgIpc) is 3.10. The number of benzene rings is 1. The lowest BCUT2D eigenvalue weighted by Crippen LogP contribution is -2.27. The minimum Gasteiger partial charge on any atom is -0.451 e. The summed E-state index contributed by atoms with van der Waals surface area (Å²) in [7, 11) is -3.66. The number of rotatable bonds is 4. The molecule has 0 bridgehead atoms. The van der Waals surface area contributed by atoms with Crippen LogP contribution in [0, 0.1) is 6.92 Å². The number of hydrogen-bond acceptors (Lipinski definition) is 8. The quantitative estimate of drug-likeness (QED) is 0.806. The zero-order chi connectivity index (χ0) is 18.2. The number of carbonyl (C=O) groups excluding carboxylic acids is 1. The van der Waals surface area contributed by atoms with Gasteiger partial charge in [0.05, 0.1) is 4.90 Å². The van der Waals surface area contributed by atoms with Crippen molar-refractivity contribution < 1.29 is 22.5 Å². The summed E-state index contributed by atoms with van der Waals surface area (Å²) in [5, 5.41) is 3.63. The molecule has 132 valence electrons. The molecule has 0 amide bonds. The summed E-state index contributed by atoms with van der Waals surface area (Å²) in [5.74, 6) is 0.0848. The van der Waals surface area contributed by atoms with Crippen molar-refractivity contribution in [1.82, 2.24) is 14.9 Å². The molecule has 3 rings (SSSR count). The van der Waals surface area contributed by atoms with Crippen LogP contribution in [0.4, 0.5) is 0 Å². The highest BCUT2D eigenvalue weighted by molar-refractivity contribution is 7.90. The van der Waals surface area contributed by atoms with Crippen LogP contribution >= 0.6 is 0 Å². The van der Waals surface area contributed by atoms with Gasteiger partial charge in [0.15, 0.2) is 11.9 Å². The summed E-state index contributed by atoms with van der Waals surface area (Å²) in [6.45, 7) is 4.76. The summed E-state index contributed by atoms with van der Waals surface area (Å²) < 4.78 is 36.6. The van der Waals surface area contributed by atoms with Crippen LogP contribution < -0.4 is 4.72 Å². The number of aliphatic imine (C=N–C) groups is 1. The van der Waals surface area contributed by atoms with Crippen LogP contribution in [0.2, 0.25) is 0 Å². The SMILES string of the molecule is Cc1noc(C(C)OC(=O)[C@H](C)N=C2NS(=O)(=O)c3ccccc32)n1. The van der Waals surface area contributed by atoms with Gasteiger partial charge in [-0.3, -0.25) is 9.71 Å². The van der Waals surface area contributed by atoms with E-state index in [-0.39, 0.29) is 16.6 Å². The molecule has 25 heavy (non-hydrogen) atoms. The van der Waals surface area contributed by atoms with Crippen molar-refractivity contribution in [1.29, 1.82) is 0 Å². The molecule has 0 aliphatic carbocycles. The Bertz CT molecular complexity index is 950. The van der Waals surface area contributed by atoms with Gasteiger partial charge >= 0.3 is 5.97 Å². The Labute approximate surface area is 144 Å². The largest absolute Gasteiger partial charge is 0.451 e. The number of fused-ring (bicyclic) bond motifs is 1. The molecule has 0 saturated carbocycles. The molecule has 0 spiro atoms. The van der Waals surface area contributed by atoms with Gasteiger partial charge in [-0.05, 0) is 32.9 Å². The van der Waals surface area contributed by atoms with Crippen molar-refractivity contribution in [2.75, 3.05) is 0 Å². The minimum absolute atomic E-state index is 0.112. The van der Waals surface area contributed by atoms with Crippen LogP contribution in [-0.2, 0) is 19.6 Å². The molecule has 1 aliphatic heterocycles. The third kappa shape index (κ3) is 3.38. The van der Waals surface area contributed by atoms with Crippen molar-refractivity contribution in [3.8, 4) is 0 Å². The first kappa shape index (κ1) is 17.1. The van der Waals surface area contributed by atoms with E-state index in [1.54, 1.807) is 32.0 Å². The van der Waals surface area contributed by atoms with Crippen LogP contribution in [0.25, 0.3) is 0 Å². The first-order valence-electron chi connectivity index (χ1n) is 7.48. The first-order valence-corrected chi connectivity index (χ1v) is 8.97. The van der Waals surface area contributed by atoms with E-state index in [1.165, 1.54) is 13.0 Å². The molecule has 1 aliphatic rings. The predicted octanol–water partition coefficient (Wildman–Crippen LogP) is 1.11. The molecule has 2 atom stereocenters. The van der Waals surface area contributed by atoms with Gasteiger partial charge in [-0.25, -0.2) is 13.2 Å². The maximum absolute atomic E-state index is 12.2. The Balaban J connectivity index is 1.77. The number of aromatic nitrogens is 2. The van der Waals surface area contributed by atoms with E-state index in [9.17, 15) is 13.2 Å². The van der Waals surface area contributed by atoms with Crippen LogP contribution in [0.15, 0.2) is 38.7 Å². The summed E-state index contributed by atoms with van der Waals surface area (Å²) in [4.78, 5) is 20.5. The van der Waals surface area contributed by atoms with E-state index >= 15 is 0 Å². The maximum Gasteiger partial charge on any atom is 0.331 e. The third-order valence-electron chi connectivity index (χ3n) is 3.51. The van der Waals surface area contributed by atoms with E-state index in [0.717, 1.165) is 0 Å². The van der Waals surface area contributed by atoms with Gasteiger partial charge in [0.1, 0.15) is 11.9 Å². The number of aryl methyl sites for hydroxylation is 1. The number of esters is 1. The lowest BCUT2D eigenvalue weighted by molar-refractivity contribution is -0.150. The second-order valence-electron chi connectivity index (χ2n) is 5.51. The number of amidine groups is 1. The lowest BCUT2D eigenvalue weighted by Gasteiger charge is -2.12. The monoisotopic (exact) mass is 364 g/mol. The van der Waals surface area contributed by atoms with Gasteiger partial charge in [0.25, 0.3) is 15.9 Å². The van der Waals surface area contributed by atoms with Crippen molar-refractivity contribution in [3.63, 3.8) is 0 Å². The highest BCUT2D eigenvalue weighted by Gasteiger charge is 2.31. The molecular formula is C15H16N4O5S. The van der Waals surface area contributed by atoms with Gasteiger partial charge in [-0.2, -0.15) is 4.98 Å². The van der Waals surface area contributed by atoms with Crippen LogP contribution in [-0.4, -0.2) is 36.4 Å². The molecule has 0 fully saturated rings. The van der Waals surface area contributed by atoms with E-state index in [2.05, 4.69) is 19.9 Å². The number of hydrogen-bond donors (Lipinski definition) is 1. The van der Waals surface area contributed by atoms with E-state index in [4.69, 9.17) is 9.26 Å². The Morgan fingerprint density at radius 3 is 2.72 bits per heavy atom. The topological polar surface area (TPSA) is 124 Å². The Morgan fingerprint density at radius 1 is 1.32 bits per heavy atom. The lowest BCUT2D eigenvalue weighted by atomic mass is 10.2. The third-order valence-corrected chi connectivity index (χ3v) is 4.91. The van der Waals surface area contributed by atoms with Gasteiger partial charge in [0, 0.05) is 5.56 Å². The van der Waals surface area contributed by atoms with Crippen molar-refractivity contribution >= 4 is 21.8 Å². The van der Waals surface area contributed by atoms with Gasteiger partial charge in [0.2, 0.25) is 0 Å². The van der Waals surface area contributed by atoms with E-state index < -0.39 is 28.1 Å². The van der Waals surface area contributed by atoms with Crippen molar-refractivity contribution in [2.45, 2.75) is 37.8 Å². The van der Waals surface area contributed by atoms with E-state index in [1.807, 2.05) is 0 Å². The fourth-order valence-corrected chi connectivity index (χ4v) is 3.52. The summed E-state index contributed by atoms with van der Waals surface area (Å²) in [6.07, 6.45) is -0.732. The molecule has 1 aromatic carbocycles. The molecule has 9 nitrogen and oxygen atoms in total. The van der Waals surface area contributed by atoms with E-state index in [0.29, 0.717) is 11.4 Å². The molecule has 0 saturated heterocycles. The number of ether oxygens (including phenoxy) is 1. The fraction of sp³-hybridized carbons (Fsp3) is 0.333. The highest BCUT2D eigenvalue weighted by atomic mass is 32.2. The minimum atomic E-state index is -3.66. The zero-order valence-corrected chi connectivity index (χ0v) is 14.6. The molecule has 10 heteroatoms. The van der Waals surface area contributed by atoms with Crippen LogP contribution in [0.5, 0.6) is 0 Å². The Kier molecular flexibility index (Phi) is 4.29. The number of nitrogens with zero attached hydrogens (tertiary/aromatic N) is 3. The summed E-state index contributed by atoms with van der Waals surface area (Å²) in [6, 6.07) is 5.49. The summed E-state index contributed by atoms with van der Waals surface area (Å²) >= 11 is 0. The molecule has 0 radical (unpaired) electrons. The molecular weight excluding hydrogens is 348 g/mol. The number of carbonyl (C=O) groups is 1. The molecule has 1 unspecified atom stereocenters. The maximum atomic E-state index is 12.2. The fourth-order valence-electron chi connectivity index (χ4n) is 2.28. The second kappa shape index (κ2) is 6.28. The van der Waals surface area contributed by atoms with Crippen LogP contribution in [0.3, 0.4) is 0 Å². The molecule has 2 aromatic rings. The van der Waals surface area contributed by atoms with Gasteiger partial charge in [-0.1, -0.05) is 17.3 Å². The molecule has 1 N–H and O–H groups in total. The Morgan fingerprint density at radius 2 is 2.04 bits per heavy atom. The molecule has 1 aromatic heterocycles.